The van der Waals surface area contributed by atoms with Gasteiger partial charge in [0, 0.05) is 85.6 Å². The number of pyridine rings is 1. The number of nitrogens with zero attached hydrogens (tertiary/aromatic N) is 7. The van der Waals surface area contributed by atoms with E-state index in [9.17, 15) is 24.7 Å². The normalized spacial score (nSPS) is 17.0. The summed E-state index contributed by atoms with van der Waals surface area (Å²) >= 11 is 1.53. The van der Waals surface area contributed by atoms with Crippen molar-refractivity contribution in [3.8, 4) is 38.6 Å². The maximum atomic E-state index is 14.3. The molecule has 0 saturated carbocycles. The summed E-state index contributed by atoms with van der Waals surface area (Å²) in [6.07, 6.45) is 7.18. The molecule has 0 radical (unpaired) electrons. The average molecular weight is 1060 g/mol. The molecule has 1 saturated heterocycles. The van der Waals surface area contributed by atoms with Gasteiger partial charge in [-0.05, 0) is 78.6 Å². The van der Waals surface area contributed by atoms with E-state index in [0.29, 0.717) is 77.3 Å². The van der Waals surface area contributed by atoms with Gasteiger partial charge in [-0.25, -0.2) is 4.98 Å². The molecule has 2 aliphatic heterocycles. The minimum atomic E-state index is -0.912. The number of thiazole rings is 1. The Morgan fingerprint density at radius 1 is 0.829 bits per heavy atom. The van der Waals surface area contributed by atoms with Crippen LogP contribution in [-0.2, 0) is 54.6 Å². The molecular formula is C57H66N8O10S. The number of amides is 3. The van der Waals surface area contributed by atoms with E-state index in [0.717, 1.165) is 80.2 Å². The van der Waals surface area contributed by atoms with E-state index in [1.165, 1.54) is 21.8 Å². The van der Waals surface area contributed by atoms with Crippen LogP contribution in [0.5, 0.6) is 5.75 Å². The van der Waals surface area contributed by atoms with Gasteiger partial charge in [0.15, 0.2) is 0 Å². The second-order valence-corrected chi connectivity index (χ2v) is 20.3. The third-order valence-electron chi connectivity index (χ3n) is 13.9. The van der Waals surface area contributed by atoms with Gasteiger partial charge in [-0.15, -0.1) is 11.3 Å². The van der Waals surface area contributed by atoms with Crippen LogP contribution in [0.4, 0.5) is 0 Å². The number of aryl methyl sites for hydroxylation is 3. The lowest BCUT2D eigenvalue weighted by Gasteiger charge is -2.35. The zero-order valence-electron chi connectivity index (χ0n) is 43.3. The van der Waals surface area contributed by atoms with Gasteiger partial charge in [0.2, 0.25) is 11.8 Å². The van der Waals surface area contributed by atoms with Crippen LogP contribution in [0.25, 0.3) is 32.8 Å². The number of fused-ring (bicyclic) bond motifs is 2. The van der Waals surface area contributed by atoms with Gasteiger partial charge in [0.05, 0.1) is 74.1 Å². The summed E-state index contributed by atoms with van der Waals surface area (Å²) in [6, 6.07) is 21.6. The highest BCUT2D eigenvalue weighted by atomic mass is 32.1. The monoisotopic (exact) mass is 1050 g/mol. The molecule has 19 heteroatoms. The first-order valence-corrected chi connectivity index (χ1v) is 26.9. The number of rotatable bonds is 26. The number of aromatic nitrogens is 4. The Morgan fingerprint density at radius 3 is 2.26 bits per heavy atom. The molecule has 3 amide bonds. The first-order valence-electron chi connectivity index (χ1n) is 26.0. The summed E-state index contributed by atoms with van der Waals surface area (Å²) in [7, 11) is 0. The first kappa shape index (κ1) is 53.9. The van der Waals surface area contributed by atoms with Crippen LogP contribution in [-0.4, -0.2) is 147 Å². The molecule has 1 aliphatic carbocycles. The van der Waals surface area contributed by atoms with Gasteiger partial charge in [0.25, 0.3) is 5.91 Å². The Kier molecular flexibility index (Phi) is 18.3. The number of ether oxygens (including phenoxy) is 5. The topological polar surface area (TPSA) is 212 Å². The molecule has 5 heterocycles. The maximum absolute atomic E-state index is 14.3. The second kappa shape index (κ2) is 25.8. The smallest absolute Gasteiger partial charge is 0.255 e. The molecule has 6 aromatic rings. The highest BCUT2D eigenvalue weighted by Crippen LogP contribution is 2.36. The van der Waals surface area contributed by atoms with Crippen molar-refractivity contribution < 1.29 is 48.4 Å². The zero-order chi connectivity index (χ0) is 53.0. The standard InChI is InChI=1S/C57H66N8O10S/c1-37(2)53(65-33-44-7-4-5-8-47(44)56(65)68)57(69)64-34-45(66)31-50(64)55(67)59-32-43-10-9-42(54-38(3)60-36-76-54)30-51(43)75-28-27-74-26-25-73-24-23-72-22-21-71-20-6-19-63-35-48(52(61-63)39-15-17-58-18-16-39)41-11-13-46-40(29-41)12-14-49(46)62-70/h4-5,7-11,13,15-18,29-30,35-37,45,50,53,66,70H,6,12,14,19-28,31-34H2,1-3H3,(H,59,67)/b62-49+/t45-,50+,53+/m1/s1. The Morgan fingerprint density at radius 2 is 1.55 bits per heavy atom. The van der Waals surface area contributed by atoms with Gasteiger partial charge in [-0.3, -0.25) is 24.0 Å². The van der Waals surface area contributed by atoms with Gasteiger partial charge < -0.3 is 49.1 Å². The molecule has 9 rings (SSSR count). The number of hydrogen-bond acceptors (Lipinski definition) is 15. The van der Waals surface area contributed by atoms with E-state index in [1.807, 2.05) is 80.1 Å². The molecule has 3 N–H and O–H groups in total. The number of carbonyl (C=O) groups is 3. The van der Waals surface area contributed by atoms with E-state index in [4.69, 9.17) is 28.8 Å². The van der Waals surface area contributed by atoms with Crippen LogP contribution >= 0.6 is 11.3 Å². The minimum Gasteiger partial charge on any atom is -0.491 e. The number of carbonyl (C=O) groups excluding carboxylic acids is 3. The summed E-state index contributed by atoms with van der Waals surface area (Å²) in [5, 5.41) is 31.6. The third-order valence-corrected chi connectivity index (χ3v) is 14.9. The lowest BCUT2D eigenvalue weighted by atomic mass is 9.98. The van der Waals surface area contributed by atoms with Gasteiger partial charge in [-0.2, -0.15) is 5.10 Å². The van der Waals surface area contributed by atoms with Crippen LogP contribution < -0.4 is 10.1 Å². The molecule has 3 atom stereocenters. The van der Waals surface area contributed by atoms with Crippen molar-refractivity contribution in [3.63, 3.8) is 0 Å². The van der Waals surface area contributed by atoms with Crippen molar-refractivity contribution in [1.29, 1.82) is 0 Å². The Balaban J connectivity index is 0.672. The largest absolute Gasteiger partial charge is 0.491 e. The minimum absolute atomic E-state index is 0.00153. The van der Waals surface area contributed by atoms with E-state index < -0.39 is 24.1 Å². The number of aliphatic hydroxyl groups excluding tert-OH is 1. The predicted molar refractivity (Wildman–Crippen MR) is 286 cm³/mol. The lowest BCUT2D eigenvalue weighted by molar-refractivity contribution is -0.143. The fourth-order valence-corrected chi connectivity index (χ4v) is 10.9. The number of benzene rings is 3. The Labute approximate surface area is 446 Å². The van der Waals surface area contributed by atoms with Crippen molar-refractivity contribution in [2.45, 2.75) is 84.3 Å². The molecule has 0 bridgehead atoms. The average Bonchev–Trinajstić information content (AvgIpc) is 4.31. The van der Waals surface area contributed by atoms with Crippen LogP contribution in [0.15, 0.2) is 102 Å². The fraction of sp³-hybridized carbons (Fsp3) is 0.421. The molecule has 400 valence electrons. The molecule has 1 fully saturated rings. The number of nitrogens with one attached hydrogen (secondary N) is 1. The summed E-state index contributed by atoms with van der Waals surface area (Å²) in [6.45, 7) is 10.5. The van der Waals surface area contributed by atoms with E-state index in [1.54, 1.807) is 28.9 Å². The molecule has 0 spiro atoms. The van der Waals surface area contributed by atoms with E-state index >= 15 is 0 Å². The molecule has 76 heavy (non-hydrogen) atoms. The summed E-state index contributed by atoms with van der Waals surface area (Å²) in [4.78, 5) is 54.2. The SMILES string of the molecule is Cc1ncsc1-c1ccc(CNC(=O)[C@@H]2C[C@@H](O)CN2C(=O)[C@H](C(C)C)N2Cc3ccccc3C2=O)c(OCCOCCOCCOCCOCCCn2cc(-c3ccc4c(c3)CC/C4=N\O)c(-c3ccncc3)n2)c1. The van der Waals surface area contributed by atoms with Crippen LogP contribution in [0.1, 0.15) is 71.4 Å². The number of oxime groups is 1. The summed E-state index contributed by atoms with van der Waals surface area (Å²) < 4.78 is 31.3. The van der Waals surface area contributed by atoms with Crippen LogP contribution in [0.3, 0.4) is 0 Å². The van der Waals surface area contributed by atoms with Gasteiger partial charge in [-0.1, -0.05) is 67.5 Å². The van der Waals surface area contributed by atoms with Crippen molar-refractivity contribution >= 4 is 34.8 Å². The van der Waals surface area contributed by atoms with E-state index in [-0.39, 0.29) is 43.8 Å². The summed E-state index contributed by atoms with van der Waals surface area (Å²) in [5.41, 5.74) is 12.7. The zero-order valence-corrected chi connectivity index (χ0v) is 44.1. The first-order chi connectivity index (χ1) is 37.1. The van der Waals surface area contributed by atoms with Crippen molar-refractivity contribution in [3.05, 3.63) is 130 Å². The quantitative estimate of drug-likeness (QED) is 0.0285. The van der Waals surface area contributed by atoms with Crippen molar-refractivity contribution in [2.75, 3.05) is 66.0 Å². The predicted octanol–water partition coefficient (Wildman–Crippen LogP) is 6.96. The number of aliphatic hydroxyl groups is 1. The van der Waals surface area contributed by atoms with Gasteiger partial charge >= 0.3 is 0 Å². The Hall–Kier alpha value is -6.87. The van der Waals surface area contributed by atoms with E-state index in [2.05, 4.69) is 38.8 Å². The molecule has 0 unspecified atom stereocenters. The third kappa shape index (κ3) is 12.9. The summed E-state index contributed by atoms with van der Waals surface area (Å²) in [5.74, 6) is -0.623. The number of hydrogen-bond donors (Lipinski definition) is 3. The molecule has 3 aromatic carbocycles. The van der Waals surface area contributed by atoms with Crippen molar-refractivity contribution in [2.24, 2.45) is 11.1 Å². The maximum Gasteiger partial charge on any atom is 0.255 e. The highest BCUT2D eigenvalue weighted by molar-refractivity contribution is 7.13. The lowest BCUT2D eigenvalue weighted by Crippen LogP contribution is -2.55. The molecule has 3 aliphatic rings. The van der Waals surface area contributed by atoms with Gasteiger partial charge in [0.1, 0.15) is 30.1 Å². The van der Waals surface area contributed by atoms with Crippen molar-refractivity contribution in [1.82, 2.24) is 34.9 Å². The number of likely N-dealkylation sites (tertiary alicyclic amines) is 1. The molecule has 3 aromatic heterocycles. The Bertz CT molecular complexity index is 2980. The van der Waals surface area contributed by atoms with Crippen LogP contribution in [0, 0.1) is 12.8 Å². The molecular weight excluding hydrogens is 989 g/mol. The second-order valence-electron chi connectivity index (χ2n) is 19.4. The van der Waals surface area contributed by atoms with Crippen LogP contribution in [0.2, 0.25) is 0 Å². The molecule has 18 nitrogen and oxygen atoms in total. The highest BCUT2D eigenvalue weighted by Gasteiger charge is 2.46. The fourth-order valence-electron chi connectivity index (χ4n) is 10.1. The number of β-amino-alcohol motifs (C(OH)–C–C–N with tert-alkyl or cyclic N) is 1.